The molecule has 0 radical (unpaired) electrons. The number of amides is 1. The van der Waals surface area contributed by atoms with Crippen LogP contribution in [0.4, 0.5) is 11.6 Å². The monoisotopic (exact) mass is 364 g/mol. The molecule has 3 rings (SSSR count). The normalized spacial score (nSPS) is 10.3. The number of aromatic nitrogens is 2. The Morgan fingerprint density at radius 1 is 1.00 bits per heavy atom. The molecule has 0 atom stereocenters. The highest BCUT2D eigenvalue weighted by atomic mass is 16.5. The van der Waals surface area contributed by atoms with Gasteiger partial charge in [-0.05, 0) is 24.3 Å². The standard InChI is InChI=1S/C20H20N4O3/c1-26-12-11-21-19(25)15-13-22-20(23-14-15)24-17-9-5-6-10-18(17)27-16-7-3-2-4-8-16/h2-10,13-14H,11-12H2,1H3,(H,21,25)(H,22,23,24). The Bertz CT molecular complexity index is 870. The predicted molar refractivity (Wildman–Crippen MR) is 102 cm³/mol. The van der Waals surface area contributed by atoms with Gasteiger partial charge < -0.3 is 20.1 Å². The number of benzene rings is 2. The lowest BCUT2D eigenvalue weighted by molar-refractivity contribution is 0.0936. The largest absolute Gasteiger partial charge is 0.455 e. The number of hydrogen-bond donors (Lipinski definition) is 2. The van der Waals surface area contributed by atoms with E-state index in [1.54, 1.807) is 7.11 Å². The maximum absolute atomic E-state index is 12.0. The van der Waals surface area contributed by atoms with Gasteiger partial charge in [-0.1, -0.05) is 30.3 Å². The molecule has 7 nitrogen and oxygen atoms in total. The first-order valence-electron chi connectivity index (χ1n) is 8.44. The van der Waals surface area contributed by atoms with Crippen molar-refractivity contribution in [2.75, 3.05) is 25.6 Å². The highest BCUT2D eigenvalue weighted by Gasteiger charge is 2.09. The summed E-state index contributed by atoms with van der Waals surface area (Å²) < 4.78 is 10.8. The van der Waals surface area contributed by atoms with Crippen LogP contribution in [0.5, 0.6) is 11.5 Å². The summed E-state index contributed by atoms with van der Waals surface area (Å²) in [6.45, 7) is 0.879. The van der Waals surface area contributed by atoms with Gasteiger partial charge in [-0.25, -0.2) is 9.97 Å². The summed E-state index contributed by atoms with van der Waals surface area (Å²) in [5.74, 6) is 1.50. The average molecular weight is 364 g/mol. The Labute approximate surface area is 157 Å². The van der Waals surface area contributed by atoms with E-state index < -0.39 is 0 Å². The Hall–Kier alpha value is -3.45. The Morgan fingerprint density at radius 2 is 1.70 bits per heavy atom. The fourth-order valence-corrected chi connectivity index (χ4v) is 2.27. The van der Waals surface area contributed by atoms with Crippen molar-refractivity contribution in [2.45, 2.75) is 0 Å². The van der Waals surface area contributed by atoms with Gasteiger partial charge in [-0.15, -0.1) is 0 Å². The van der Waals surface area contributed by atoms with Crippen LogP contribution in [0.3, 0.4) is 0 Å². The van der Waals surface area contributed by atoms with Crippen molar-refractivity contribution in [1.82, 2.24) is 15.3 Å². The minimum Gasteiger partial charge on any atom is -0.455 e. The number of rotatable bonds is 8. The summed E-state index contributed by atoms with van der Waals surface area (Å²) in [4.78, 5) is 20.4. The second-order valence-electron chi connectivity index (χ2n) is 5.58. The summed E-state index contributed by atoms with van der Waals surface area (Å²) in [5, 5.41) is 5.83. The predicted octanol–water partition coefficient (Wildman–Crippen LogP) is 3.39. The molecule has 0 aliphatic heterocycles. The smallest absolute Gasteiger partial charge is 0.254 e. The van der Waals surface area contributed by atoms with Crippen LogP contribution in [0.25, 0.3) is 0 Å². The van der Waals surface area contributed by atoms with E-state index in [2.05, 4.69) is 20.6 Å². The number of nitrogens with zero attached hydrogens (tertiary/aromatic N) is 2. The number of nitrogens with one attached hydrogen (secondary N) is 2. The molecule has 138 valence electrons. The maximum Gasteiger partial charge on any atom is 0.254 e. The summed E-state index contributed by atoms with van der Waals surface area (Å²) >= 11 is 0. The van der Waals surface area contributed by atoms with Crippen LogP contribution in [0.2, 0.25) is 0 Å². The van der Waals surface area contributed by atoms with Gasteiger partial charge in [0.15, 0.2) is 5.75 Å². The molecule has 0 aliphatic rings. The zero-order chi connectivity index (χ0) is 18.9. The summed E-state index contributed by atoms with van der Waals surface area (Å²) in [5.41, 5.74) is 1.10. The lowest BCUT2D eigenvalue weighted by Gasteiger charge is -2.12. The van der Waals surface area contributed by atoms with Gasteiger partial charge in [0.25, 0.3) is 5.91 Å². The van der Waals surface area contributed by atoms with Crippen molar-refractivity contribution in [2.24, 2.45) is 0 Å². The van der Waals surface area contributed by atoms with Gasteiger partial charge in [-0.2, -0.15) is 0 Å². The SMILES string of the molecule is COCCNC(=O)c1cnc(Nc2ccccc2Oc2ccccc2)nc1. The van der Waals surface area contributed by atoms with Crippen molar-refractivity contribution in [3.63, 3.8) is 0 Å². The fraction of sp³-hybridized carbons (Fsp3) is 0.150. The van der Waals surface area contributed by atoms with Crippen LogP contribution in [0.1, 0.15) is 10.4 Å². The van der Waals surface area contributed by atoms with Gasteiger partial charge in [0.1, 0.15) is 5.75 Å². The summed E-state index contributed by atoms with van der Waals surface area (Å²) in [6.07, 6.45) is 2.94. The van der Waals surface area contributed by atoms with Gasteiger partial charge in [0, 0.05) is 26.0 Å². The number of methoxy groups -OCH3 is 1. The third-order valence-electron chi connectivity index (χ3n) is 3.61. The molecule has 2 N–H and O–H groups in total. The van der Waals surface area contributed by atoms with Crippen molar-refractivity contribution >= 4 is 17.5 Å². The third kappa shape index (κ3) is 5.26. The topological polar surface area (TPSA) is 85.4 Å². The van der Waals surface area contributed by atoms with Crippen LogP contribution in [0, 0.1) is 0 Å². The zero-order valence-corrected chi connectivity index (χ0v) is 14.9. The lowest BCUT2D eigenvalue weighted by Crippen LogP contribution is -2.27. The van der Waals surface area contributed by atoms with E-state index >= 15 is 0 Å². The molecule has 0 unspecified atom stereocenters. The molecule has 0 bridgehead atoms. The first-order valence-corrected chi connectivity index (χ1v) is 8.44. The Morgan fingerprint density at radius 3 is 2.44 bits per heavy atom. The number of anilines is 2. The zero-order valence-electron chi connectivity index (χ0n) is 14.9. The number of ether oxygens (including phenoxy) is 2. The molecule has 3 aromatic rings. The molecule has 1 amide bonds. The fourth-order valence-electron chi connectivity index (χ4n) is 2.27. The number of carbonyl (C=O) groups excluding carboxylic acids is 1. The first kappa shape index (κ1) is 18.3. The van der Waals surface area contributed by atoms with Gasteiger partial charge >= 0.3 is 0 Å². The average Bonchev–Trinajstić information content (AvgIpc) is 2.71. The third-order valence-corrected chi connectivity index (χ3v) is 3.61. The molecule has 0 saturated heterocycles. The molecular formula is C20H20N4O3. The van der Waals surface area contributed by atoms with Crippen LogP contribution >= 0.6 is 0 Å². The van der Waals surface area contributed by atoms with E-state index in [-0.39, 0.29) is 5.91 Å². The van der Waals surface area contributed by atoms with E-state index in [9.17, 15) is 4.79 Å². The minimum absolute atomic E-state index is 0.244. The molecule has 1 heterocycles. The molecule has 7 heteroatoms. The molecular weight excluding hydrogens is 344 g/mol. The van der Waals surface area contributed by atoms with Crippen molar-refractivity contribution in [1.29, 1.82) is 0 Å². The highest BCUT2D eigenvalue weighted by molar-refractivity contribution is 5.93. The molecule has 27 heavy (non-hydrogen) atoms. The highest BCUT2D eigenvalue weighted by Crippen LogP contribution is 2.30. The Kier molecular flexibility index (Phi) is 6.32. The van der Waals surface area contributed by atoms with Crippen LogP contribution in [0.15, 0.2) is 67.0 Å². The second kappa shape index (κ2) is 9.30. The molecule has 1 aromatic heterocycles. The number of carbonyl (C=O) groups is 1. The quantitative estimate of drug-likeness (QED) is 0.596. The lowest BCUT2D eigenvalue weighted by atomic mass is 10.3. The minimum atomic E-state index is -0.244. The Balaban J connectivity index is 1.68. The maximum atomic E-state index is 12.0. The van der Waals surface area contributed by atoms with Gasteiger partial charge in [-0.3, -0.25) is 4.79 Å². The van der Waals surface area contributed by atoms with Crippen molar-refractivity contribution in [3.05, 3.63) is 72.6 Å². The number of para-hydroxylation sites is 3. The molecule has 0 saturated carbocycles. The van der Waals surface area contributed by atoms with Crippen LogP contribution < -0.4 is 15.4 Å². The first-order chi connectivity index (χ1) is 13.3. The van der Waals surface area contributed by atoms with Gasteiger partial charge in [0.2, 0.25) is 5.95 Å². The van der Waals surface area contributed by atoms with E-state index in [0.29, 0.717) is 30.4 Å². The number of hydrogen-bond acceptors (Lipinski definition) is 6. The summed E-state index contributed by atoms with van der Waals surface area (Å²) in [6, 6.07) is 17.0. The molecule has 0 spiro atoms. The van der Waals surface area contributed by atoms with Gasteiger partial charge in [0.05, 0.1) is 17.9 Å². The van der Waals surface area contributed by atoms with E-state index in [1.165, 1.54) is 12.4 Å². The van der Waals surface area contributed by atoms with E-state index in [1.807, 2.05) is 54.6 Å². The van der Waals surface area contributed by atoms with E-state index in [0.717, 1.165) is 11.4 Å². The molecule has 0 fully saturated rings. The van der Waals surface area contributed by atoms with Crippen molar-refractivity contribution in [3.8, 4) is 11.5 Å². The summed E-state index contributed by atoms with van der Waals surface area (Å²) in [7, 11) is 1.58. The molecule has 2 aromatic carbocycles. The molecule has 0 aliphatic carbocycles. The van der Waals surface area contributed by atoms with Crippen molar-refractivity contribution < 1.29 is 14.3 Å². The second-order valence-corrected chi connectivity index (χ2v) is 5.58. The van der Waals surface area contributed by atoms with E-state index in [4.69, 9.17) is 9.47 Å². The van der Waals surface area contributed by atoms with Crippen LogP contribution in [-0.2, 0) is 4.74 Å². The van der Waals surface area contributed by atoms with Crippen LogP contribution in [-0.4, -0.2) is 36.1 Å².